The summed E-state index contributed by atoms with van der Waals surface area (Å²) in [6.07, 6.45) is 1.59. The highest BCUT2D eigenvalue weighted by atomic mass is 32.1. The molecule has 3 rings (SSSR count). The molecular weight excluding hydrogens is 334 g/mol. The number of aromatic nitrogens is 2. The van der Waals surface area contributed by atoms with Gasteiger partial charge in [-0.1, -0.05) is 44.2 Å². The Morgan fingerprint density at radius 1 is 1.20 bits per heavy atom. The van der Waals surface area contributed by atoms with E-state index in [1.165, 1.54) is 27.5 Å². The lowest BCUT2D eigenvalue weighted by molar-refractivity contribution is -0.116. The highest BCUT2D eigenvalue weighted by Gasteiger charge is 2.09. The van der Waals surface area contributed by atoms with E-state index in [1.54, 1.807) is 18.3 Å². The van der Waals surface area contributed by atoms with E-state index in [-0.39, 0.29) is 18.0 Å². The molecule has 3 aromatic rings. The van der Waals surface area contributed by atoms with E-state index in [9.17, 15) is 9.59 Å². The van der Waals surface area contributed by atoms with Gasteiger partial charge in [-0.2, -0.15) is 0 Å². The van der Waals surface area contributed by atoms with E-state index < -0.39 is 0 Å². The first-order valence-corrected chi connectivity index (χ1v) is 8.92. The molecule has 0 saturated carbocycles. The normalized spacial score (nSPS) is 10.8. The highest BCUT2D eigenvalue weighted by Crippen LogP contribution is 2.26. The zero-order valence-electron chi connectivity index (χ0n) is 14.1. The molecule has 0 aliphatic heterocycles. The summed E-state index contributed by atoms with van der Waals surface area (Å²) in [5, 5.41) is 5.18. The smallest absolute Gasteiger partial charge is 0.250 e. The van der Waals surface area contributed by atoms with Gasteiger partial charge in [0.25, 0.3) is 5.56 Å². The lowest BCUT2D eigenvalue weighted by Gasteiger charge is -2.05. The Hall–Kier alpha value is -2.73. The predicted octanol–water partition coefficient (Wildman–Crippen LogP) is 3.73. The Morgan fingerprint density at radius 3 is 2.64 bits per heavy atom. The van der Waals surface area contributed by atoms with Gasteiger partial charge in [-0.05, 0) is 17.5 Å². The van der Waals surface area contributed by atoms with Gasteiger partial charge in [0, 0.05) is 23.2 Å². The van der Waals surface area contributed by atoms with Gasteiger partial charge in [-0.15, -0.1) is 11.3 Å². The quantitative estimate of drug-likeness (QED) is 0.760. The second-order valence-corrected chi connectivity index (χ2v) is 6.89. The fraction of sp³-hybridized carbons (Fsp3) is 0.211. The Kier molecular flexibility index (Phi) is 5.09. The third-order valence-corrected chi connectivity index (χ3v) is 4.59. The molecule has 2 heterocycles. The van der Waals surface area contributed by atoms with E-state index in [0.29, 0.717) is 11.0 Å². The molecular formula is C19H19N3O2S. The summed E-state index contributed by atoms with van der Waals surface area (Å²) in [5.41, 5.74) is 2.91. The molecule has 25 heavy (non-hydrogen) atoms. The number of rotatable bonds is 5. The zero-order valence-corrected chi connectivity index (χ0v) is 14.9. The number of nitrogens with zero attached hydrogens (tertiary/aromatic N) is 2. The van der Waals surface area contributed by atoms with Crippen molar-refractivity contribution in [1.82, 2.24) is 9.55 Å². The molecule has 5 nitrogen and oxygen atoms in total. The average Bonchev–Trinajstić information content (AvgIpc) is 3.05. The molecule has 1 aromatic carbocycles. The number of benzene rings is 1. The number of carbonyl (C=O) groups is 1. The molecule has 0 bridgehead atoms. The van der Waals surface area contributed by atoms with Crippen molar-refractivity contribution >= 4 is 22.4 Å². The minimum atomic E-state index is -0.274. The lowest BCUT2D eigenvalue weighted by atomic mass is 10.0. The fourth-order valence-corrected chi connectivity index (χ4v) is 3.14. The van der Waals surface area contributed by atoms with Crippen molar-refractivity contribution in [3.05, 3.63) is 70.0 Å². The first-order chi connectivity index (χ1) is 12.0. The van der Waals surface area contributed by atoms with E-state index in [1.807, 2.05) is 17.5 Å². The molecule has 0 saturated heterocycles. The fourth-order valence-electron chi connectivity index (χ4n) is 2.41. The Labute approximate surface area is 150 Å². The summed E-state index contributed by atoms with van der Waals surface area (Å²) in [5.74, 6) is 0.213. The third kappa shape index (κ3) is 4.22. The van der Waals surface area contributed by atoms with Crippen molar-refractivity contribution in [2.45, 2.75) is 26.3 Å². The molecule has 0 radical (unpaired) electrons. The van der Waals surface area contributed by atoms with Crippen LogP contribution in [0.15, 0.2) is 58.8 Å². The molecule has 0 aliphatic carbocycles. The van der Waals surface area contributed by atoms with Crippen LogP contribution in [0.3, 0.4) is 0 Å². The number of nitrogens with one attached hydrogen (secondary N) is 1. The van der Waals surface area contributed by atoms with Crippen molar-refractivity contribution in [2.75, 3.05) is 5.32 Å². The van der Waals surface area contributed by atoms with Crippen LogP contribution in [0.2, 0.25) is 0 Å². The van der Waals surface area contributed by atoms with Crippen LogP contribution < -0.4 is 10.9 Å². The molecule has 128 valence electrons. The summed E-state index contributed by atoms with van der Waals surface area (Å²) in [6.45, 7) is 4.28. The Bertz CT molecular complexity index is 926. The number of thiazole rings is 1. The van der Waals surface area contributed by atoms with Crippen LogP contribution in [0, 0.1) is 0 Å². The van der Waals surface area contributed by atoms with Crippen LogP contribution in [0.5, 0.6) is 0 Å². The maximum absolute atomic E-state index is 12.1. The SMILES string of the molecule is CC(C)c1ccc(-c2csc(NC(=O)Cn3ccccc3=O)n2)cc1. The molecule has 0 atom stereocenters. The van der Waals surface area contributed by atoms with E-state index in [4.69, 9.17) is 0 Å². The van der Waals surface area contributed by atoms with Crippen molar-refractivity contribution in [2.24, 2.45) is 0 Å². The van der Waals surface area contributed by atoms with Crippen LogP contribution in [0.25, 0.3) is 11.3 Å². The number of hydrogen-bond donors (Lipinski definition) is 1. The summed E-state index contributed by atoms with van der Waals surface area (Å²) in [6, 6.07) is 13.1. The largest absolute Gasteiger partial charge is 0.306 e. The molecule has 1 N–H and O–H groups in total. The van der Waals surface area contributed by atoms with E-state index >= 15 is 0 Å². The number of amides is 1. The van der Waals surface area contributed by atoms with Crippen molar-refractivity contribution in [1.29, 1.82) is 0 Å². The molecule has 0 fully saturated rings. The van der Waals surface area contributed by atoms with Crippen LogP contribution in [0.1, 0.15) is 25.3 Å². The summed E-state index contributed by atoms with van der Waals surface area (Å²) in [4.78, 5) is 28.2. The molecule has 1 amide bonds. The van der Waals surface area contributed by atoms with Crippen LogP contribution in [-0.4, -0.2) is 15.5 Å². The number of anilines is 1. The minimum absolute atomic E-state index is 0.0301. The van der Waals surface area contributed by atoms with Gasteiger partial charge in [-0.25, -0.2) is 4.98 Å². The van der Waals surface area contributed by atoms with Crippen LogP contribution in [0.4, 0.5) is 5.13 Å². The standard InChI is InChI=1S/C19H19N3O2S/c1-13(2)14-6-8-15(9-7-14)16-12-25-19(20-16)21-17(23)11-22-10-4-3-5-18(22)24/h3-10,12-13H,11H2,1-2H3,(H,20,21,23). The zero-order chi connectivity index (χ0) is 17.8. The second-order valence-electron chi connectivity index (χ2n) is 6.03. The first kappa shape index (κ1) is 17.1. The van der Waals surface area contributed by atoms with Crippen LogP contribution in [-0.2, 0) is 11.3 Å². The van der Waals surface area contributed by atoms with Crippen molar-refractivity contribution < 1.29 is 4.79 Å². The maximum Gasteiger partial charge on any atom is 0.250 e. The summed E-state index contributed by atoms with van der Waals surface area (Å²) in [7, 11) is 0. The van der Waals surface area contributed by atoms with Gasteiger partial charge < -0.3 is 9.88 Å². The number of hydrogen-bond acceptors (Lipinski definition) is 4. The predicted molar refractivity (Wildman–Crippen MR) is 101 cm³/mol. The van der Waals surface area contributed by atoms with Gasteiger partial charge in [0.05, 0.1) is 5.69 Å². The van der Waals surface area contributed by atoms with E-state index in [0.717, 1.165) is 11.3 Å². The molecule has 2 aromatic heterocycles. The topological polar surface area (TPSA) is 64.0 Å². The van der Waals surface area contributed by atoms with Gasteiger partial charge in [0.1, 0.15) is 6.54 Å². The summed E-state index contributed by atoms with van der Waals surface area (Å²) < 4.78 is 1.36. The number of pyridine rings is 1. The Balaban J connectivity index is 1.68. The molecule has 0 spiro atoms. The van der Waals surface area contributed by atoms with Gasteiger partial charge in [-0.3, -0.25) is 9.59 Å². The van der Waals surface area contributed by atoms with Gasteiger partial charge >= 0.3 is 0 Å². The van der Waals surface area contributed by atoms with Crippen LogP contribution >= 0.6 is 11.3 Å². The van der Waals surface area contributed by atoms with Crippen molar-refractivity contribution in [3.8, 4) is 11.3 Å². The van der Waals surface area contributed by atoms with Crippen molar-refractivity contribution in [3.63, 3.8) is 0 Å². The molecule has 6 heteroatoms. The number of carbonyl (C=O) groups excluding carboxylic acids is 1. The van der Waals surface area contributed by atoms with Gasteiger partial charge in [0.15, 0.2) is 5.13 Å². The monoisotopic (exact) mass is 353 g/mol. The van der Waals surface area contributed by atoms with E-state index in [2.05, 4.69) is 36.3 Å². The Morgan fingerprint density at radius 2 is 1.96 bits per heavy atom. The molecule has 0 unspecified atom stereocenters. The third-order valence-electron chi connectivity index (χ3n) is 3.84. The second kappa shape index (κ2) is 7.44. The first-order valence-electron chi connectivity index (χ1n) is 8.04. The average molecular weight is 353 g/mol. The maximum atomic E-state index is 12.1. The highest BCUT2D eigenvalue weighted by molar-refractivity contribution is 7.14. The molecule has 0 aliphatic rings. The summed E-state index contributed by atoms with van der Waals surface area (Å²) >= 11 is 1.37. The van der Waals surface area contributed by atoms with Gasteiger partial charge in [0.2, 0.25) is 5.91 Å². The lowest BCUT2D eigenvalue weighted by Crippen LogP contribution is -2.26. The minimum Gasteiger partial charge on any atom is -0.306 e.